The van der Waals surface area contributed by atoms with Crippen LogP contribution in [0.3, 0.4) is 0 Å². The number of amides is 2. The number of nitrogens with zero attached hydrogens (tertiary/aromatic N) is 5. The van der Waals surface area contributed by atoms with Gasteiger partial charge in [-0.05, 0) is 36.2 Å². The van der Waals surface area contributed by atoms with Crippen LogP contribution in [-0.2, 0) is 17.8 Å². The van der Waals surface area contributed by atoms with Gasteiger partial charge < -0.3 is 9.80 Å². The maximum atomic E-state index is 12.7. The summed E-state index contributed by atoms with van der Waals surface area (Å²) in [6.07, 6.45) is 0.955. The van der Waals surface area contributed by atoms with E-state index in [2.05, 4.69) is 17.2 Å². The van der Waals surface area contributed by atoms with E-state index in [0.717, 1.165) is 17.5 Å². The van der Waals surface area contributed by atoms with E-state index in [4.69, 9.17) is 0 Å². The van der Waals surface area contributed by atoms with E-state index < -0.39 is 0 Å². The van der Waals surface area contributed by atoms with Crippen LogP contribution in [0.1, 0.15) is 22.8 Å². The molecule has 7 heteroatoms. The molecule has 0 radical (unpaired) electrons. The fourth-order valence-electron chi connectivity index (χ4n) is 3.49. The molecule has 1 aromatic heterocycles. The van der Waals surface area contributed by atoms with Gasteiger partial charge in [0.2, 0.25) is 5.91 Å². The molecule has 144 valence electrons. The average Bonchev–Trinajstić information content (AvgIpc) is 3.16. The third kappa shape index (κ3) is 3.60. The molecule has 0 unspecified atom stereocenters. The first-order valence-corrected chi connectivity index (χ1v) is 9.60. The summed E-state index contributed by atoms with van der Waals surface area (Å²) < 4.78 is 1.63. The van der Waals surface area contributed by atoms with Crippen LogP contribution >= 0.6 is 0 Å². The van der Waals surface area contributed by atoms with Crippen molar-refractivity contribution in [1.82, 2.24) is 24.8 Å². The van der Waals surface area contributed by atoms with E-state index in [1.807, 2.05) is 53.4 Å². The first-order chi connectivity index (χ1) is 13.7. The predicted molar refractivity (Wildman–Crippen MR) is 106 cm³/mol. The van der Waals surface area contributed by atoms with Crippen molar-refractivity contribution < 1.29 is 9.59 Å². The number of fused-ring (bicyclic) bond motifs is 1. The van der Waals surface area contributed by atoms with Gasteiger partial charge in [-0.2, -0.15) is 0 Å². The number of piperazine rings is 1. The molecule has 0 spiro atoms. The Bertz CT molecular complexity index is 987. The molecule has 0 N–H and O–H groups in total. The van der Waals surface area contributed by atoms with Gasteiger partial charge in [0.1, 0.15) is 12.1 Å². The van der Waals surface area contributed by atoms with Gasteiger partial charge in [-0.1, -0.05) is 36.4 Å². The number of carbonyl (C=O) groups is 2. The molecule has 2 heterocycles. The normalized spacial score (nSPS) is 14.5. The minimum absolute atomic E-state index is 0.00458. The zero-order chi connectivity index (χ0) is 19.5. The molecule has 1 aliphatic heterocycles. The SMILES string of the molecule is CCc1ccc(C(=O)N2CCN(C(=O)Cn3nnc4ccccc43)CC2)cc1. The smallest absolute Gasteiger partial charge is 0.253 e. The summed E-state index contributed by atoms with van der Waals surface area (Å²) in [6.45, 7) is 4.40. The topological polar surface area (TPSA) is 71.3 Å². The number of hydrogen-bond acceptors (Lipinski definition) is 4. The molecule has 0 saturated carbocycles. The first-order valence-electron chi connectivity index (χ1n) is 9.60. The average molecular weight is 377 g/mol. The Morgan fingerprint density at radius 2 is 1.61 bits per heavy atom. The summed E-state index contributed by atoms with van der Waals surface area (Å²) in [6, 6.07) is 15.3. The summed E-state index contributed by atoms with van der Waals surface area (Å²) in [7, 11) is 0. The molecular weight excluding hydrogens is 354 g/mol. The highest BCUT2D eigenvalue weighted by Crippen LogP contribution is 2.13. The van der Waals surface area contributed by atoms with Gasteiger partial charge >= 0.3 is 0 Å². The lowest BCUT2D eigenvalue weighted by Gasteiger charge is -2.34. The van der Waals surface area contributed by atoms with E-state index in [-0.39, 0.29) is 18.4 Å². The van der Waals surface area contributed by atoms with Gasteiger partial charge in [-0.25, -0.2) is 4.68 Å². The zero-order valence-corrected chi connectivity index (χ0v) is 15.9. The summed E-state index contributed by atoms with van der Waals surface area (Å²) >= 11 is 0. The molecule has 0 aliphatic carbocycles. The number of aromatic nitrogens is 3. The monoisotopic (exact) mass is 377 g/mol. The van der Waals surface area contributed by atoms with Gasteiger partial charge in [0, 0.05) is 31.7 Å². The lowest BCUT2D eigenvalue weighted by Crippen LogP contribution is -2.51. The molecule has 7 nitrogen and oxygen atoms in total. The first kappa shape index (κ1) is 18.2. The Kier molecular flexibility index (Phi) is 5.06. The number of benzene rings is 2. The number of para-hydroxylation sites is 1. The third-order valence-corrected chi connectivity index (χ3v) is 5.23. The van der Waals surface area contributed by atoms with Crippen LogP contribution in [0.2, 0.25) is 0 Å². The molecular formula is C21H23N5O2. The lowest BCUT2D eigenvalue weighted by molar-refractivity contribution is -0.133. The Labute approximate surface area is 163 Å². The summed E-state index contributed by atoms with van der Waals surface area (Å²) in [5.74, 6) is 0.0204. The molecule has 1 saturated heterocycles. The van der Waals surface area contributed by atoms with Crippen molar-refractivity contribution in [2.45, 2.75) is 19.9 Å². The fourth-order valence-corrected chi connectivity index (χ4v) is 3.49. The highest BCUT2D eigenvalue weighted by molar-refractivity contribution is 5.94. The van der Waals surface area contributed by atoms with Crippen LogP contribution in [0.15, 0.2) is 48.5 Å². The van der Waals surface area contributed by atoms with Crippen molar-refractivity contribution in [2.75, 3.05) is 26.2 Å². The van der Waals surface area contributed by atoms with Crippen LogP contribution in [0, 0.1) is 0 Å². The third-order valence-electron chi connectivity index (χ3n) is 5.23. The van der Waals surface area contributed by atoms with Crippen LogP contribution in [0.25, 0.3) is 11.0 Å². The molecule has 0 bridgehead atoms. The number of aryl methyl sites for hydroxylation is 1. The van der Waals surface area contributed by atoms with Crippen molar-refractivity contribution >= 4 is 22.8 Å². The zero-order valence-electron chi connectivity index (χ0n) is 15.9. The molecule has 1 aliphatic rings. The Morgan fingerprint density at radius 3 is 2.32 bits per heavy atom. The van der Waals surface area contributed by atoms with Crippen molar-refractivity contribution in [3.8, 4) is 0 Å². The maximum Gasteiger partial charge on any atom is 0.253 e. The Morgan fingerprint density at radius 1 is 0.929 bits per heavy atom. The lowest BCUT2D eigenvalue weighted by atomic mass is 10.1. The number of rotatable bonds is 4. The fraction of sp³-hybridized carbons (Fsp3) is 0.333. The van der Waals surface area contributed by atoms with Crippen LogP contribution < -0.4 is 0 Å². The van der Waals surface area contributed by atoms with Gasteiger partial charge in [-0.15, -0.1) is 5.10 Å². The second kappa shape index (κ2) is 7.80. The quantitative estimate of drug-likeness (QED) is 0.697. The minimum atomic E-state index is -0.00458. The van der Waals surface area contributed by atoms with Crippen LogP contribution in [0.5, 0.6) is 0 Å². The molecule has 3 aromatic rings. The predicted octanol–water partition coefficient (Wildman–Crippen LogP) is 1.98. The van der Waals surface area contributed by atoms with Crippen LogP contribution in [0.4, 0.5) is 0 Å². The van der Waals surface area contributed by atoms with E-state index in [1.54, 1.807) is 9.58 Å². The van der Waals surface area contributed by atoms with Crippen molar-refractivity contribution in [3.05, 3.63) is 59.7 Å². The number of carbonyl (C=O) groups excluding carboxylic acids is 2. The Hall–Kier alpha value is -3.22. The summed E-state index contributed by atoms with van der Waals surface area (Å²) in [5, 5.41) is 8.17. The maximum absolute atomic E-state index is 12.7. The van der Waals surface area contributed by atoms with Gasteiger partial charge in [-0.3, -0.25) is 9.59 Å². The van der Waals surface area contributed by atoms with Crippen LogP contribution in [-0.4, -0.2) is 62.8 Å². The highest BCUT2D eigenvalue weighted by Gasteiger charge is 2.25. The van der Waals surface area contributed by atoms with Gasteiger partial charge in [0.15, 0.2) is 0 Å². The highest BCUT2D eigenvalue weighted by atomic mass is 16.2. The second-order valence-corrected chi connectivity index (χ2v) is 6.96. The summed E-state index contributed by atoms with van der Waals surface area (Å²) in [5.41, 5.74) is 3.54. The Balaban J connectivity index is 1.35. The molecule has 28 heavy (non-hydrogen) atoms. The van der Waals surface area contributed by atoms with Gasteiger partial charge in [0.25, 0.3) is 5.91 Å². The van der Waals surface area contributed by atoms with E-state index in [9.17, 15) is 9.59 Å². The van der Waals surface area contributed by atoms with Gasteiger partial charge in [0.05, 0.1) is 5.52 Å². The molecule has 4 rings (SSSR count). The standard InChI is InChI=1S/C21H23N5O2/c1-2-16-7-9-17(10-8-16)21(28)25-13-11-24(12-14-25)20(27)15-26-19-6-4-3-5-18(19)22-23-26/h3-10H,2,11-15H2,1H3. The second-order valence-electron chi connectivity index (χ2n) is 6.96. The molecule has 1 fully saturated rings. The van der Waals surface area contributed by atoms with E-state index >= 15 is 0 Å². The molecule has 2 amide bonds. The largest absolute Gasteiger partial charge is 0.338 e. The molecule has 2 aromatic carbocycles. The van der Waals surface area contributed by atoms with E-state index in [1.165, 1.54) is 5.56 Å². The molecule has 0 atom stereocenters. The summed E-state index contributed by atoms with van der Waals surface area (Å²) in [4.78, 5) is 28.9. The minimum Gasteiger partial charge on any atom is -0.338 e. The van der Waals surface area contributed by atoms with Crippen molar-refractivity contribution in [3.63, 3.8) is 0 Å². The number of hydrogen-bond donors (Lipinski definition) is 0. The van der Waals surface area contributed by atoms with Crippen molar-refractivity contribution in [2.24, 2.45) is 0 Å². The van der Waals surface area contributed by atoms with E-state index in [0.29, 0.717) is 31.7 Å². The van der Waals surface area contributed by atoms with Crippen molar-refractivity contribution in [1.29, 1.82) is 0 Å².